The second-order valence-corrected chi connectivity index (χ2v) is 6.10. The fraction of sp³-hybridized carbons (Fsp3) is 0.0526. The summed E-state index contributed by atoms with van der Waals surface area (Å²) in [7, 11) is 0. The average molecular weight is 276 g/mol. The number of aryl methyl sites for hydroxylation is 1. The monoisotopic (exact) mass is 276 g/mol. The van der Waals surface area contributed by atoms with Gasteiger partial charge in [-0.3, -0.25) is 0 Å². The van der Waals surface area contributed by atoms with Crippen LogP contribution in [0.1, 0.15) is 10.4 Å². The average Bonchev–Trinajstić information content (AvgIpc) is 2.94. The fourth-order valence-electron chi connectivity index (χ4n) is 2.23. The molecule has 0 unspecified atom stereocenters. The Morgan fingerprint density at radius 2 is 1.30 bits per heavy atom. The van der Waals surface area contributed by atoms with Crippen LogP contribution in [0.4, 0.5) is 0 Å². The summed E-state index contributed by atoms with van der Waals surface area (Å²) in [5.74, 6) is 0. The second kappa shape index (κ2) is 5.48. The first kappa shape index (κ1) is 12.9. The molecule has 20 heavy (non-hydrogen) atoms. The van der Waals surface area contributed by atoms with Crippen molar-refractivity contribution in [3.8, 4) is 21.6 Å². The molecule has 0 N–H and O–H groups in total. The minimum Gasteiger partial charge on any atom is -0.141 e. The molecule has 98 valence electrons. The molecule has 3 aromatic rings. The van der Waals surface area contributed by atoms with E-state index in [2.05, 4.69) is 74.2 Å². The van der Waals surface area contributed by atoms with Crippen molar-refractivity contribution in [1.82, 2.24) is 0 Å². The lowest BCUT2D eigenvalue weighted by Gasteiger charge is -2.04. The van der Waals surface area contributed by atoms with Crippen LogP contribution in [-0.4, -0.2) is 0 Å². The third-order valence-corrected chi connectivity index (χ3v) is 4.44. The number of hydrogen-bond donors (Lipinski definition) is 0. The van der Waals surface area contributed by atoms with E-state index in [1.807, 2.05) is 17.4 Å². The van der Waals surface area contributed by atoms with Crippen LogP contribution < -0.4 is 0 Å². The number of hydrogen-bond acceptors (Lipinski definition) is 1. The molecule has 1 heteroatoms. The zero-order valence-corrected chi connectivity index (χ0v) is 12.3. The van der Waals surface area contributed by atoms with E-state index in [1.54, 1.807) is 0 Å². The van der Waals surface area contributed by atoms with E-state index in [0.29, 0.717) is 0 Å². The summed E-state index contributed by atoms with van der Waals surface area (Å²) >= 11 is 1.84. The van der Waals surface area contributed by atoms with Crippen LogP contribution in [-0.2, 0) is 0 Å². The first-order chi connectivity index (χ1) is 9.76. The van der Waals surface area contributed by atoms with E-state index in [-0.39, 0.29) is 0 Å². The van der Waals surface area contributed by atoms with Crippen molar-refractivity contribution in [2.75, 3.05) is 0 Å². The van der Waals surface area contributed by atoms with E-state index in [9.17, 15) is 0 Å². The van der Waals surface area contributed by atoms with E-state index in [1.165, 1.54) is 26.4 Å². The first-order valence-corrected chi connectivity index (χ1v) is 7.48. The zero-order chi connectivity index (χ0) is 13.9. The summed E-state index contributed by atoms with van der Waals surface area (Å²) in [5, 5.41) is 0. The molecular formula is C19H16S. The first-order valence-electron chi connectivity index (χ1n) is 6.66. The highest BCUT2D eigenvalue weighted by Gasteiger charge is 2.02. The lowest BCUT2D eigenvalue weighted by molar-refractivity contribution is 1.60. The van der Waals surface area contributed by atoms with Gasteiger partial charge in [0.1, 0.15) is 0 Å². The van der Waals surface area contributed by atoms with E-state index >= 15 is 0 Å². The summed E-state index contributed by atoms with van der Waals surface area (Å²) in [4.78, 5) is 2.68. The Kier molecular flexibility index (Phi) is 3.53. The molecule has 0 amide bonds. The molecule has 0 fully saturated rings. The van der Waals surface area contributed by atoms with Gasteiger partial charge in [-0.25, -0.2) is 0 Å². The largest absolute Gasteiger partial charge is 0.141 e. The fourth-order valence-corrected chi connectivity index (χ4v) is 3.10. The van der Waals surface area contributed by atoms with Crippen molar-refractivity contribution < 1.29 is 0 Å². The predicted molar refractivity (Wildman–Crippen MR) is 90.0 cm³/mol. The van der Waals surface area contributed by atoms with Crippen molar-refractivity contribution in [3.05, 3.63) is 77.7 Å². The summed E-state index contributed by atoms with van der Waals surface area (Å²) in [6.07, 6.45) is 1.87. The lowest BCUT2D eigenvalue weighted by atomic mass is 10.0. The topological polar surface area (TPSA) is 0 Å². The van der Waals surface area contributed by atoms with E-state index in [0.717, 1.165) is 5.56 Å². The highest BCUT2D eigenvalue weighted by molar-refractivity contribution is 7.15. The normalized spacial score (nSPS) is 10.4. The molecule has 0 atom stereocenters. The Labute approximate surface area is 124 Å². The van der Waals surface area contributed by atoms with Crippen LogP contribution in [0.25, 0.3) is 27.6 Å². The molecule has 0 radical (unpaired) electrons. The van der Waals surface area contributed by atoms with Gasteiger partial charge in [0.25, 0.3) is 0 Å². The van der Waals surface area contributed by atoms with Crippen LogP contribution in [0.15, 0.2) is 67.2 Å². The highest BCUT2D eigenvalue weighted by atomic mass is 32.1. The van der Waals surface area contributed by atoms with Crippen LogP contribution in [0.2, 0.25) is 0 Å². The van der Waals surface area contributed by atoms with Gasteiger partial charge >= 0.3 is 0 Å². The van der Waals surface area contributed by atoms with Crippen LogP contribution >= 0.6 is 11.3 Å². The molecule has 0 bridgehead atoms. The Morgan fingerprint density at radius 3 is 1.80 bits per heavy atom. The summed E-state index contributed by atoms with van der Waals surface area (Å²) < 4.78 is 0. The van der Waals surface area contributed by atoms with Crippen LogP contribution in [0.3, 0.4) is 0 Å². The van der Waals surface area contributed by atoms with Gasteiger partial charge in [0.05, 0.1) is 0 Å². The molecule has 0 saturated carbocycles. The van der Waals surface area contributed by atoms with E-state index in [4.69, 9.17) is 0 Å². The molecular weight excluding hydrogens is 260 g/mol. The van der Waals surface area contributed by atoms with Crippen molar-refractivity contribution in [3.63, 3.8) is 0 Å². The zero-order valence-electron chi connectivity index (χ0n) is 11.5. The summed E-state index contributed by atoms with van der Waals surface area (Å²) in [5.41, 5.74) is 4.93. The number of rotatable bonds is 3. The Balaban J connectivity index is 1.90. The highest BCUT2D eigenvalue weighted by Crippen LogP contribution is 2.29. The maximum atomic E-state index is 3.78. The Hall–Kier alpha value is -2.12. The standard InChI is InChI=1S/C19H16S/c1-3-15-5-7-16(8-6-15)17-9-11-18(12-10-17)19-13-4-14(2)20-19/h3-13H,1H2,2H3. The molecule has 0 nitrogen and oxygen atoms in total. The van der Waals surface area contributed by atoms with Crippen molar-refractivity contribution in [2.24, 2.45) is 0 Å². The molecule has 1 heterocycles. The molecule has 0 aliphatic rings. The van der Waals surface area contributed by atoms with E-state index < -0.39 is 0 Å². The van der Waals surface area contributed by atoms with Gasteiger partial charge in [0.2, 0.25) is 0 Å². The second-order valence-electron chi connectivity index (χ2n) is 4.81. The lowest BCUT2D eigenvalue weighted by Crippen LogP contribution is -1.79. The Bertz CT molecular complexity index is 715. The minimum atomic E-state index is 1.15. The Morgan fingerprint density at radius 1 is 0.750 bits per heavy atom. The smallest absolute Gasteiger partial charge is 0.0345 e. The summed E-state index contributed by atoms with van der Waals surface area (Å²) in [6, 6.07) is 21.6. The maximum absolute atomic E-state index is 3.78. The maximum Gasteiger partial charge on any atom is 0.0345 e. The molecule has 0 aliphatic carbocycles. The SMILES string of the molecule is C=Cc1ccc(-c2ccc(-c3ccc(C)s3)cc2)cc1. The number of benzene rings is 2. The van der Waals surface area contributed by atoms with Crippen molar-refractivity contribution >= 4 is 17.4 Å². The van der Waals surface area contributed by atoms with Crippen LogP contribution in [0.5, 0.6) is 0 Å². The molecule has 0 spiro atoms. The third-order valence-electron chi connectivity index (χ3n) is 3.39. The van der Waals surface area contributed by atoms with Crippen LogP contribution in [0, 0.1) is 6.92 Å². The minimum absolute atomic E-state index is 1.15. The van der Waals surface area contributed by atoms with Gasteiger partial charge in [0, 0.05) is 9.75 Å². The van der Waals surface area contributed by atoms with Gasteiger partial charge in [-0.1, -0.05) is 61.2 Å². The molecule has 3 rings (SSSR count). The molecule has 1 aromatic heterocycles. The summed E-state index contributed by atoms with van der Waals surface area (Å²) in [6.45, 7) is 5.92. The molecule has 2 aromatic carbocycles. The van der Waals surface area contributed by atoms with Gasteiger partial charge in [-0.15, -0.1) is 11.3 Å². The van der Waals surface area contributed by atoms with Crippen molar-refractivity contribution in [2.45, 2.75) is 6.92 Å². The molecule has 0 saturated heterocycles. The molecule has 0 aliphatic heterocycles. The van der Waals surface area contributed by atoms with Gasteiger partial charge < -0.3 is 0 Å². The predicted octanol–water partition coefficient (Wildman–Crippen LogP) is 6.03. The quantitative estimate of drug-likeness (QED) is 0.547. The van der Waals surface area contributed by atoms with Gasteiger partial charge in [-0.2, -0.15) is 0 Å². The third kappa shape index (κ3) is 2.59. The van der Waals surface area contributed by atoms with Crippen molar-refractivity contribution in [1.29, 1.82) is 0 Å². The van der Waals surface area contributed by atoms with Gasteiger partial charge in [-0.05, 0) is 41.3 Å². The van der Waals surface area contributed by atoms with Gasteiger partial charge in [0.15, 0.2) is 0 Å². The number of thiophene rings is 1.